The van der Waals surface area contributed by atoms with E-state index in [1.807, 2.05) is 6.92 Å². The van der Waals surface area contributed by atoms with E-state index in [-0.39, 0.29) is 29.4 Å². The number of hydrogen-bond donors (Lipinski definition) is 2. The van der Waals surface area contributed by atoms with Gasteiger partial charge in [0.25, 0.3) is 11.5 Å². The number of carbonyl (C=O) groups is 1. The third kappa shape index (κ3) is 4.33. The summed E-state index contributed by atoms with van der Waals surface area (Å²) in [6.45, 7) is -0.935. The van der Waals surface area contributed by atoms with E-state index in [1.165, 1.54) is 31.3 Å². The second-order valence-corrected chi connectivity index (χ2v) is 5.74. The Morgan fingerprint density at radius 1 is 1.33 bits per heavy atom. The van der Waals surface area contributed by atoms with E-state index in [9.17, 15) is 23.2 Å². The van der Waals surface area contributed by atoms with Gasteiger partial charge in [-0.25, -0.2) is 4.79 Å². The molecule has 10 heteroatoms. The number of halogens is 2. The van der Waals surface area contributed by atoms with Gasteiger partial charge in [-0.2, -0.15) is 8.78 Å². The van der Waals surface area contributed by atoms with Crippen molar-refractivity contribution in [1.82, 2.24) is 9.55 Å². The number of nitrogens with two attached hydrogens (primary N) is 1. The number of amides is 1. The van der Waals surface area contributed by atoms with Crippen molar-refractivity contribution in [3.63, 3.8) is 0 Å². The summed E-state index contributed by atoms with van der Waals surface area (Å²) in [4.78, 5) is 40.0. The molecule has 1 amide bonds. The molecule has 1 aromatic carbocycles. The second kappa shape index (κ2) is 8.47. The van der Waals surface area contributed by atoms with Crippen LogP contribution < -0.4 is 26.6 Å². The number of alkyl halides is 2. The van der Waals surface area contributed by atoms with Crippen LogP contribution in [0, 0.1) is 0 Å². The van der Waals surface area contributed by atoms with E-state index in [4.69, 9.17) is 5.73 Å². The van der Waals surface area contributed by atoms with Crippen LogP contribution in [0.25, 0.3) is 0 Å². The van der Waals surface area contributed by atoms with E-state index >= 15 is 0 Å². The average molecular weight is 382 g/mol. The van der Waals surface area contributed by atoms with E-state index in [0.29, 0.717) is 6.42 Å². The number of aromatic nitrogens is 2. The molecule has 0 aliphatic rings. The molecule has 0 radical (unpaired) electrons. The average Bonchev–Trinajstić information content (AvgIpc) is 2.60. The van der Waals surface area contributed by atoms with Crippen molar-refractivity contribution >= 4 is 17.4 Å². The van der Waals surface area contributed by atoms with E-state index in [0.717, 1.165) is 15.9 Å². The van der Waals surface area contributed by atoms with Crippen LogP contribution in [0.5, 0.6) is 5.75 Å². The van der Waals surface area contributed by atoms with Gasteiger partial charge in [-0.3, -0.25) is 19.1 Å². The second-order valence-electron chi connectivity index (χ2n) is 5.74. The van der Waals surface area contributed by atoms with Crippen molar-refractivity contribution in [3.05, 3.63) is 50.7 Å². The highest BCUT2D eigenvalue weighted by atomic mass is 19.3. The number of aromatic amines is 1. The van der Waals surface area contributed by atoms with Gasteiger partial charge in [0.1, 0.15) is 11.6 Å². The molecule has 1 aromatic heterocycles. The largest absolute Gasteiger partial charge is 0.434 e. The summed E-state index contributed by atoms with van der Waals surface area (Å²) >= 11 is 0. The van der Waals surface area contributed by atoms with Gasteiger partial charge < -0.3 is 15.4 Å². The van der Waals surface area contributed by atoms with Crippen molar-refractivity contribution < 1.29 is 18.3 Å². The zero-order valence-electron chi connectivity index (χ0n) is 14.9. The predicted molar refractivity (Wildman–Crippen MR) is 96.5 cm³/mol. The molecule has 0 bridgehead atoms. The molecule has 0 aliphatic carbocycles. The van der Waals surface area contributed by atoms with Gasteiger partial charge >= 0.3 is 12.3 Å². The van der Waals surface area contributed by atoms with Crippen LogP contribution in [0.1, 0.15) is 30.1 Å². The minimum absolute atomic E-state index is 0.176. The van der Waals surface area contributed by atoms with Gasteiger partial charge in [-0.1, -0.05) is 25.5 Å². The van der Waals surface area contributed by atoms with Gasteiger partial charge in [-0.05, 0) is 18.6 Å². The number of nitrogens with one attached hydrogen (secondary N) is 1. The maximum absolute atomic E-state index is 12.8. The van der Waals surface area contributed by atoms with Crippen molar-refractivity contribution in [2.45, 2.75) is 32.9 Å². The summed E-state index contributed by atoms with van der Waals surface area (Å²) in [5.74, 6) is -1.30. The first-order chi connectivity index (χ1) is 12.8. The van der Waals surface area contributed by atoms with Crippen molar-refractivity contribution in [3.8, 4) is 5.75 Å². The van der Waals surface area contributed by atoms with Gasteiger partial charge in [0.15, 0.2) is 5.69 Å². The highest BCUT2D eigenvalue weighted by Crippen LogP contribution is 2.24. The third-order valence-electron chi connectivity index (χ3n) is 3.92. The lowest BCUT2D eigenvalue weighted by atomic mass is 10.1. The van der Waals surface area contributed by atoms with E-state index < -0.39 is 23.8 Å². The van der Waals surface area contributed by atoms with Crippen LogP contribution in [0.15, 0.2) is 33.9 Å². The van der Waals surface area contributed by atoms with Crippen LogP contribution >= 0.6 is 0 Å². The molecule has 0 fully saturated rings. The molecule has 27 heavy (non-hydrogen) atoms. The maximum Gasteiger partial charge on any atom is 0.387 e. The molecule has 0 aliphatic heterocycles. The first-order valence-corrected chi connectivity index (χ1v) is 8.22. The number of nitrogens with zero attached hydrogens (tertiary/aromatic N) is 2. The zero-order chi connectivity index (χ0) is 20.1. The fraction of sp³-hybridized carbons (Fsp3) is 0.353. The number of nitrogen functional groups attached to an aromatic ring is 1. The summed E-state index contributed by atoms with van der Waals surface area (Å²) in [5, 5.41) is 0. The van der Waals surface area contributed by atoms with Crippen LogP contribution in [-0.2, 0) is 6.54 Å². The summed E-state index contributed by atoms with van der Waals surface area (Å²) in [7, 11) is 1.26. The summed E-state index contributed by atoms with van der Waals surface area (Å²) in [6.07, 6.45) is 1.42. The number of H-pyrrole nitrogens is 1. The molecule has 146 valence electrons. The van der Waals surface area contributed by atoms with Gasteiger partial charge in [0, 0.05) is 13.6 Å². The molecule has 0 atom stereocenters. The molecule has 2 aromatic rings. The number of carbonyl (C=O) groups excluding carboxylic acids is 1. The Morgan fingerprint density at radius 2 is 2.00 bits per heavy atom. The smallest absolute Gasteiger partial charge is 0.387 e. The lowest BCUT2D eigenvalue weighted by Gasteiger charge is -2.21. The zero-order valence-corrected chi connectivity index (χ0v) is 14.9. The lowest BCUT2D eigenvalue weighted by Crippen LogP contribution is -2.39. The molecule has 0 saturated heterocycles. The monoisotopic (exact) mass is 382 g/mol. The standard InChI is InChI=1S/C17H20F2N4O4/c1-3-4-9-23-13(20)12(14(24)21-17(23)26)22(2)15(25)10-7-5-6-8-11(10)27-16(18)19/h5-8,16H,3-4,9,20H2,1-2H3,(H,21,24,26). The Hall–Kier alpha value is -3.17. The first-order valence-electron chi connectivity index (χ1n) is 8.22. The molecule has 2 rings (SSSR count). The Morgan fingerprint density at radius 3 is 2.63 bits per heavy atom. The summed E-state index contributed by atoms with van der Waals surface area (Å²) in [6, 6.07) is 5.40. The fourth-order valence-electron chi connectivity index (χ4n) is 2.56. The van der Waals surface area contributed by atoms with Gasteiger partial charge in [-0.15, -0.1) is 0 Å². The molecule has 1 heterocycles. The molecule has 3 N–H and O–H groups in total. The molecular formula is C17H20F2N4O4. The number of hydrogen-bond acceptors (Lipinski definition) is 5. The molecule has 0 saturated carbocycles. The number of unbranched alkanes of at least 4 members (excludes halogenated alkanes) is 1. The van der Waals surface area contributed by atoms with Crippen LogP contribution in [0.4, 0.5) is 20.3 Å². The highest BCUT2D eigenvalue weighted by molar-refractivity contribution is 6.08. The highest BCUT2D eigenvalue weighted by Gasteiger charge is 2.24. The van der Waals surface area contributed by atoms with Crippen molar-refractivity contribution in [2.24, 2.45) is 0 Å². The number of para-hydroxylation sites is 1. The lowest BCUT2D eigenvalue weighted by molar-refractivity contribution is -0.0501. The Kier molecular flexibility index (Phi) is 6.32. The topological polar surface area (TPSA) is 110 Å². The first kappa shape index (κ1) is 20.1. The number of anilines is 2. The fourth-order valence-corrected chi connectivity index (χ4v) is 2.56. The Balaban J connectivity index is 2.49. The minimum Gasteiger partial charge on any atom is -0.434 e. The van der Waals surface area contributed by atoms with Crippen LogP contribution in [-0.4, -0.2) is 29.1 Å². The predicted octanol–water partition coefficient (Wildman–Crippen LogP) is 1.80. The third-order valence-corrected chi connectivity index (χ3v) is 3.92. The number of benzene rings is 1. The SMILES string of the molecule is CCCCn1c(N)c(N(C)C(=O)c2ccccc2OC(F)F)c(=O)[nH]c1=O. The van der Waals surface area contributed by atoms with E-state index in [1.54, 1.807) is 0 Å². The van der Waals surface area contributed by atoms with Gasteiger partial charge in [0.05, 0.1) is 5.56 Å². The van der Waals surface area contributed by atoms with Gasteiger partial charge in [0.2, 0.25) is 0 Å². The molecular weight excluding hydrogens is 362 g/mol. The van der Waals surface area contributed by atoms with Crippen molar-refractivity contribution in [2.75, 3.05) is 17.7 Å². The molecule has 0 spiro atoms. The van der Waals surface area contributed by atoms with Crippen LogP contribution in [0.2, 0.25) is 0 Å². The normalized spacial score (nSPS) is 10.9. The summed E-state index contributed by atoms with van der Waals surface area (Å²) < 4.78 is 30.7. The quantitative estimate of drug-likeness (QED) is 0.759. The Bertz CT molecular complexity index is 939. The Labute approximate surface area is 153 Å². The van der Waals surface area contributed by atoms with E-state index in [2.05, 4.69) is 9.72 Å². The van der Waals surface area contributed by atoms with Crippen LogP contribution in [0.3, 0.4) is 0 Å². The minimum atomic E-state index is -3.12. The number of ether oxygens (including phenoxy) is 1. The number of rotatable bonds is 7. The van der Waals surface area contributed by atoms with Crippen molar-refractivity contribution in [1.29, 1.82) is 0 Å². The maximum atomic E-state index is 12.8. The molecule has 8 nitrogen and oxygen atoms in total. The molecule has 0 unspecified atom stereocenters. The summed E-state index contributed by atoms with van der Waals surface area (Å²) in [5.41, 5.74) is 4.00.